The SMILES string of the molecule is CCCc1c(Cl)ncnc1N1CCC(OC)CC1. The summed E-state index contributed by atoms with van der Waals surface area (Å²) in [6.45, 7) is 4.09. The molecule has 5 heteroatoms. The third-order valence-electron chi connectivity index (χ3n) is 3.44. The first-order valence-corrected chi connectivity index (χ1v) is 6.91. The Kier molecular flexibility index (Phi) is 4.78. The second kappa shape index (κ2) is 6.34. The maximum atomic E-state index is 6.18. The van der Waals surface area contributed by atoms with Crippen molar-refractivity contribution in [2.75, 3.05) is 25.1 Å². The summed E-state index contributed by atoms with van der Waals surface area (Å²) in [6, 6.07) is 0. The van der Waals surface area contributed by atoms with Crippen LogP contribution in [0, 0.1) is 0 Å². The van der Waals surface area contributed by atoms with Crippen molar-refractivity contribution in [2.24, 2.45) is 0 Å². The maximum Gasteiger partial charge on any atom is 0.137 e. The fourth-order valence-electron chi connectivity index (χ4n) is 2.42. The number of hydrogen-bond acceptors (Lipinski definition) is 4. The van der Waals surface area contributed by atoms with Gasteiger partial charge in [-0.05, 0) is 19.3 Å². The average Bonchev–Trinajstić information content (AvgIpc) is 2.41. The van der Waals surface area contributed by atoms with Crippen LogP contribution in [0.5, 0.6) is 0 Å². The van der Waals surface area contributed by atoms with Gasteiger partial charge in [-0.2, -0.15) is 0 Å². The van der Waals surface area contributed by atoms with E-state index in [0.29, 0.717) is 11.3 Å². The topological polar surface area (TPSA) is 38.2 Å². The van der Waals surface area contributed by atoms with Gasteiger partial charge in [0.25, 0.3) is 0 Å². The van der Waals surface area contributed by atoms with Gasteiger partial charge in [-0.3, -0.25) is 0 Å². The Labute approximate surface area is 113 Å². The molecule has 1 aromatic heterocycles. The normalized spacial score (nSPS) is 17.2. The molecule has 1 aliphatic rings. The summed E-state index contributed by atoms with van der Waals surface area (Å²) in [5.74, 6) is 1.01. The van der Waals surface area contributed by atoms with Crippen molar-refractivity contribution in [3.05, 3.63) is 17.0 Å². The van der Waals surface area contributed by atoms with E-state index in [1.807, 2.05) is 0 Å². The lowest BCUT2D eigenvalue weighted by atomic mass is 10.1. The number of nitrogens with zero attached hydrogens (tertiary/aromatic N) is 3. The van der Waals surface area contributed by atoms with Crippen molar-refractivity contribution in [3.63, 3.8) is 0 Å². The molecule has 1 aliphatic heterocycles. The Bertz CT molecular complexity index is 392. The smallest absolute Gasteiger partial charge is 0.137 e. The summed E-state index contributed by atoms with van der Waals surface area (Å²) in [4.78, 5) is 10.8. The zero-order valence-corrected chi connectivity index (χ0v) is 11.8. The van der Waals surface area contributed by atoms with E-state index in [1.165, 1.54) is 0 Å². The maximum absolute atomic E-state index is 6.18. The Morgan fingerprint density at radius 1 is 1.39 bits per heavy atom. The molecule has 0 unspecified atom stereocenters. The van der Waals surface area contributed by atoms with E-state index < -0.39 is 0 Å². The Morgan fingerprint density at radius 2 is 2.11 bits per heavy atom. The highest BCUT2D eigenvalue weighted by atomic mass is 35.5. The van der Waals surface area contributed by atoms with Crippen LogP contribution in [0.25, 0.3) is 0 Å². The van der Waals surface area contributed by atoms with E-state index in [-0.39, 0.29) is 0 Å². The summed E-state index contributed by atoms with van der Waals surface area (Å²) in [7, 11) is 1.78. The third-order valence-corrected chi connectivity index (χ3v) is 3.77. The van der Waals surface area contributed by atoms with Crippen LogP contribution in [0.2, 0.25) is 5.15 Å². The molecule has 0 spiro atoms. The van der Waals surface area contributed by atoms with Crippen LogP contribution < -0.4 is 4.90 Å². The van der Waals surface area contributed by atoms with Gasteiger partial charge in [0.05, 0.1) is 6.10 Å². The first kappa shape index (κ1) is 13.6. The molecule has 2 heterocycles. The summed E-state index contributed by atoms with van der Waals surface area (Å²) < 4.78 is 5.39. The predicted octanol–water partition coefficient (Wildman–Crippen LogP) is 2.70. The molecule has 2 rings (SSSR count). The van der Waals surface area contributed by atoms with Gasteiger partial charge < -0.3 is 9.64 Å². The lowest BCUT2D eigenvalue weighted by Gasteiger charge is -2.33. The van der Waals surface area contributed by atoms with Gasteiger partial charge in [0.2, 0.25) is 0 Å². The summed E-state index contributed by atoms with van der Waals surface area (Å²) >= 11 is 6.18. The second-order valence-corrected chi connectivity index (χ2v) is 5.00. The van der Waals surface area contributed by atoms with Gasteiger partial charge in [0.1, 0.15) is 17.3 Å². The van der Waals surface area contributed by atoms with Gasteiger partial charge in [-0.25, -0.2) is 9.97 Å². The van der Waals surface area contributed by atoms with Crippen molar-refractivity contribution < 1.29 is 4.74 Å². The number of halogens is 1. The standard InChI is InChI=1S/C13H20ClN3O/c1-3-4-11-12(14)15-9-16-13(11)17-7-5-10(18-2)6-8-17/h9-10H,3-8H2,1-2H3. The van der Waals surface area contributed by atoms with Crippen LogP contribution in [0.15, 0.2) is 6.33 Å². The lowest BCUT2D eigenvalue weighted by molar-refractivity contribution is 0.0817. The quantitative estimate of drug-likeness (QED) is 0.788. The van der Waals surface area contributed by atoms with Crippen molar-refractivity contribution in [1.29, 1.82) is 0 Å². The largest absolute Gasteiger partial charge is 0.381 e. The van der Waals surface area contributed by atoms with Crippen LogP contribution in [0.3, 0.4) is 0 Å². The van der Waals surface area contributed by atoms with Crippen LogP contribution in [-0.4, -0.2) is 36.3 Å². The number of anilines is 1. The Morgan fingerprint density at radius 3 is 2.72 bits per heavy atom. The van der Waals surface area contributed by atoms with Crippen LogP contribution in [0.4, 0.5) is 5.82 Å². The van der Waals surface area contributed by atoms with Crippen molar-refractivity contribution in [2.45, 2.75) is 38.7 Å². The molecule has 0 amide bonds. The van der Waals surface area contributed by atoms with Gasteiger partial charge >= 0.3 is 0 Å². The molecular formula is C13H20ClN3O. The predicted molar refractivity (Wildman–Crippen MR) is 73.3 cm³/mol. The number of hydrogen-bond donors (Lipinski definition) is 0. The molecule has 1 fully saturated rings. The van der Waals surface area contributed by atoms with Crippen molar-refractivity contribution >= 4 is 17.4 Å². The molecular weight excluding hydrogens is 250 g/mol. The third kappa shape index (κ3) is 2.93. The molecule has 100 valence electrons. The first-order valence-electron chi connectivity index (χ1n) is 6.53. The highest BCUT2D eigenvalue weighted by Gasteiger charge is 2.22. The molecule has 0 aliphatic carbocycles. The zero-order valence-electron chi connectivity index (χ0n) is 11.0. The number of piperidine rings is 1. The van der Waals surface area contributed by atoms with E-state index >= 15 is 0 Å². The van der Waals surface area contributed by atoms with Gasteiger partial charge in [-0.15, -0.1) is 0 Å². The lowest BCUT2D eigenvalue weighted by Crippen LogP contribution is -2.37. The molecule has 1 aromatic rings. The highest BCUT2D eigenvalue weighted by molar-refractivity contribution is 6.30. The molecule has 4 nitrogen and oxygen atoms in total. The minimum Gasteiger partial charge on any atom is -0.381 e. The van der Waals surface area contributed by atoms with Crippen molar-refractivity contribution in [3.8, 4) is 0 Å². The summed E-state index contributed by atoms with van der Waals surface area (Å²) in [5, 5.41) is 0.593. The molecule has 0 atom stereocenters. The number of rotatable bonds is 4. The minimum atomic E-state index is 0.383. The van der Waals surface area contributed by atoms with Crippen LogP contribution in [-0.2, 0) is 11.2 Å². The Balaban J connectivity index is 2.15. The summed E-state index contributed by atoms with van der Waals surface area (Å²) in [6.07, 6.45) is 6.01. The monoisotopic (exact) mass is 269 g/mol. The van der Waals surface area contributed by atoms with Gasteiger partial charge in [0, 0.05) is 25.8 Å². The van der Waals surface area contributed by atoms with Crippen LogP contribution >= 0.6 is 11.6 Å². The number of aromatic nitrogens is 2. The summed E-state index contributed by atoms with van der Waals surface area (Å²) in [5.41, 5.74) is 1.08. The molecule has 1 saturated heterocycles. The van der Waals surface area contributed by atoms with Gasteiger partial charge in [0.15, 0.2) is 0 Å². The molecule has 0 radical (unpaired) electrons. The molecule has 0 N–H and O–H groups in total. The average molecular weight is 270 g/mol. The number of methoxy groups -OCH3 is 1. The molecule has 0 aromatic carbocycles. The van der Waals surface area contributed by atoms with E-state index in [9.17, 15) is 0 Å². The fourth-order valence-corrected chi connectivity index (χ4v) is 2.65. The second-order valence-electron chi connectivity index (χ2n) is 4.64. The van der Waals surface area contributed by atoms with Crippen molar-refractivity contribution in [1.82, 2.24) is 9.97 Å². The molecule has 0 bridgehead atoms. The van der Waals surface area contributed by atoms with E-state index in [0.717, 1.165) is 50.2 Å². The van der Waals surface area contributed by atoms with E-state index in [1.54, 1.807) is 13.4 Å². The minimum absolute atomic E-state index is 0.383. The fraction of sp³-hybridized carbons (Fsp3) is 0.692. The first-order chi connectivity index (χ1) is 8.76. The zero-order chi connectivity index (χ0) is 13.0. The highest BCUT2D eigenvalue weighted by Crippen LogP contribution is 2.27. The Hall–Kier alpha value is -0.870. The molecule has 18 heavy (non-hydrogen) atoms. The van der Waals surface area contributed by atoms with Gasteiger partial charge in [-0.1, -0.05) is 24.9 Å². The van der Waals surface area contributed by atoms with E-state index in [2.05, 4.69) is 21.8 Å². The number of ether oxygens (including phenoxy) is 1. The van der Waals surface area contributed by atoms with E-state index in [4.69, 9.17) is 16.3 Å². The molecule has 0 saturated carbocycles. The van der Waals surface area contributed by atoms with Crippen LogP contribution in [0.1, 0.15) is 31.7 Å².